The lowest BCUT2D eigenvalue weighted by atomic mass is 9.92. The van der Waals surface area contributed by atoms with Crippen molar-refractivity contribution in [3.05, 3.63) is 24.0 Å². The number of nitrogens with one attached hydrogen (secondary N) is 2. The van der Waals surface area contributed by atoms with Crippen LogP contribution in [0.25, 0.3) is 11.0 Å². The smallest absolute Gasteiger partial charge is 0.152 e. The second-order valence-corrected chi connectivity index (χ2v) is 8.55. The first kappa shape index (κ1) is 16.8. The molecular weight excluding hydrogens is 316 g/mol. The standard InChI is InChI=1S/C19H28N4O2/c1-19(2,3)9-18-21-16-8-14(24-22-25-15-10-20-11-15)6-7-17(16)23(18)12-13-4-5-13/h6-8,13,15,20,22H,4-5,9-12H2,1-3H3. The molecule has 0 bridgehead atoms. The van der Waals surface area contributed by atoms with Crippen LogP contribution in [0.4, 0.5) is 0 Å². The third kappa shape index (κ3) is 4.14. The second kappa shape index (κ2) is 6.59. The van der Waals surface area contributed by atoms with Crippen molar-refractivity contribution >= 4 is 11.0 Å². The molecule has 2 aliphatic rings. The van der Waals surface area contributed by atoms with Crippen molar-refractivity contribution in [2.75, 3.05) is 13.1 Å². The van der Waals surface area contributed by atoms with Crippen molar-refractivity contribution in [3.63, 3.8) is 0 Å². The Morgan fingerprint density at radius 1 is 1.28 bits per heavy atom. The van der Waals surface area contributed by atoms with Gasteiger partial charge in [0.25, 0.3) is 0 Å². The van der Waals surface area contributed by atoms with Gasteiger partial charge in [-0.3, -0.25) is 4.84 Å². The Balaban J connectivity index is 1.53. The number of fused-ring (bicyclic) bond motifs is 1. The summed E-state index contributed by atoms with van der Waals surface area (Å²) >= 11 is 0. The molecule has 6 heteroatoms. The van der Waals surface area contributed by atoms with Crippen LogP contribution in [0, 0.1) is 11.3 Å². The van der Waals surface area contributed by atoms with Crippen molar-refractivity contribution in [2.24, 2.45) is 11.3 Å². The third-order valence-corrected chi connectivity index (χ3v) is 4.74. The van der Waals surface area contributed by atoms with Crippen molar-refractivity contribution in [1.29, 1.82) is 0 Å². The summed E-state index contributed by atoms with van der Waals surface area (Å²) in [5.41, 5.74) is 5.00. The minimum atomic E-state index is 0.180. The highest BCUT2D eigenvalue weighted by atomic mass is 16.9. The van der Waals surface area contributed by atoms with Crippen molar-refractivity contribution in [1.82, 2.24) is 20.5 Å². The zero-order chi connectivity index (χ0) is 17.4. The quantitative estimate of drug-likeness (QED) is 0.757. The molecule has 136 valence electrons. The molecule has 0 atom stereocenters. The first-order chi connectivity index (χ1) is 12.0. The molecule has 1 saturated carbocycles. The fourth-order valence-corrected chi connectivity index (χ4v) is 3.08. The van der Waals surface area contributed by atoms with Gasteiger partial charge >= 0.3 is 0 Å². The maximum Gasteiger partial charge on any atom is 0.152 e. The Morgan fingerprint density at radius 3 is 2.72 bits per heavy atom. The van der Waals surface area contributed by atoms with Crippen LogP contribution in [-0.4, -0.2) is 28.7 Å². The number of hydrogen-bond donors (Lipinski definition) is 2. The maximum absolute atomic E-state index is 5.51. The van der Waals surface area contributed by atoms with Crippen LogP contribution in [-0.2, 0) is 17.8 Å². The van der Waals surface area contributed by atoms with Crippen molar-refractivity contribution in [3.8, 4) is 5.75 Å². The third-order valence-electron chi connectivity index (χ3n) is 4.74. The summed E-state index contributed by atoms with van der Waals surface area (Å²) in [6, 6.07) is 6.07. The second-order valence-electron chi connectivity index (χ2n) is 8.55. The van der Waals surface area contributed by atoms with Gasteiger partial charge in [0.1, 0.15) is 11.9 Å². The number of rotatable bonds is 7. The van der Waals surface area contributed by atoms with Gasteiger partial charge in [-0.25, -0.2) is 4.98 Å². The first-order valence-electron chi connectivity index (χ1n) is 9.25. The van der Waals surface area contributed by atoms with E-state index in [-0.39, 0.29) is 11.5 Å². The van der Waals surface area contributed by atoms with E-state index in [1.165, 1.54) is 24.2 Å². The number of nitrogens with zero attached hydrogens (tertiary/aromatic N) is 2. The fraction of sp³-hybridized carbons (Fsp3) is 0.632. The average molecular weight is 344 g/mol. The Labute approximate surface area is 148 Å². The Morgan fingerprint density at radius 2 is 2.08 bits per heavy atom. The summed E-state index contributed by atoms with van der Waals surface area (Å²) in [5.74, 6) is 2.72. The summed E-state index contributed by atoms with van der Waals surface area (Å²) in [7, 11) is 0. The van der Waals surface area contributed by atoms with E-state index in [1.54, 1.807) is 0 Å². The van der Waals surface area contributed by atoms with E-state index in [4.69, 9.17) is 14.7 Å². The monoisotopic (exact) mass is 344 g/mol. The molecule has 2 fully saturated rings. The minimum absolute atomic E-state index is 0.180. The normalized spacial score (nSPS) is 18.5. The summed E-state index contributed by atoms with van der Waals surface area (Å²) < 4.78 is 2.41. The summed E-state index contributed by atoms with van der Waals surface area (Å²) in [4.78, 5) is 15.8. The highest BCUT2D eigenvalue weighted by molar-refractivity contribution is 5.77. The number of aromatic nitrogens is 2. The topological polar surface area (TPSA) is 60.3 Å². The van der Waals surface area contributed by atoms with E-state index in [9.17, 15) is 0 Å². The van der Waals surface area contributed by atoms with Gasteiger partial charge in [0.2, 0.25) is 0 Å². The predicted octanol–water partition coefficient (Wildman–Crippen LogP) is 2.82. The molecule has 25 heavy (non-hydrogen) atoms. The van der Waals surface area contributed by atoms with Gasteiger partial charge in [0.15, 0.2) is 5.75 Å². The highest BCUT2D eigenvalue weighted by Crippen LogP contribution is 2.34. The molecule has 1 aromatic heterocycles. The molecule has 1 saturated heterocycles. The minimum Gasteiger partial charge on any atom is -0.383 e. The van der Waals surface area contributed by atoms with Gasteiger partial charge in [-0.1, -0.05) is 20.8 Å². The van der Waals surface area contributed by atoms with E-state index >= 15 is 0 Å². The highest BCUT2D eigenvalue weighted by Gasteiger charge is 2.26. The Kier molecular flexibility index (Phi) is 4.43. The lowest BCUT2D eigenvalue weighted by Crippen LogP contribution is -2.51. The molecule has 1 aliphatic heterocycles. The van der Waals surface area contributed by atoms with Crippen LogP contribution in [0.5, 0.6) is 5.75 Å². The van der Waals surface area contributed by atoms with Crippen LogP contribution in [0.15, 0.2) is 18.2 Å². The molecular formula is C19H28N4O2. The summed E-state index contributed by atoms with van der Waals surface area (Å²) in [5, 5.41) is 3.15. The lowest BCUT2D eigenvalue weighted by Gasteiger charge is -2.26. The molecule has 4 rings (SSSR count). The number of imidazole rings is 1. The molecule has 1 aromatic carbocycles. The zero-order valence-electron chi connectivity index (χ0n) is 15.3. The van der Waals surface area contributed by atoms with Crippen LogP contribution >= 0.6 is 0 Å². The van der Waals surface area contributed by atoms with Crippen LogP contribution < -0.4 is 15.8 Å². The van der Waals surface area contributed by atoms with E-state index < -0.39 is 0 Å². The van der Waals surface area contributed by atoms with Gasteiger partial charge in [-0.2, -0.15) is 0 Å². The number of hydrogen-bond acceptors (Lipinski definition) is 5. The molecule has 2 N–H and O–H groups in total. The molecule has 0 unspecified atom stereocenters. The van der Waals surface area contributed by atoms with Gasteiger partial charge in [-0.05, 0) is 42.0 Å². The van der Waals surface area contributed by atoms with Crippen LogP contribution in [0.3, 0.4) is 0 Å². The first-order valence-corrected chi connectivity index (χ1v) is 9.25. The van der Waals surface area contributed by atoms with Crippen LogP contribution in [0.2, 0.25) is 0 Å². The van der Waals surface area contributed by atoms with E-state index in [1.807, 2.05) is 12.1 Å². The van der Waals surface area contributed by atoms with Crippen molar-refractivity contribution < 1.29 is 9.68 Å². The van der Waals surface area contributed by atoms with E-state index in [0.29, 0.717) is 0 Å². The average Bonchev–Trinajstić information content (AvgIpc) is 3.24. The Bertz CT molecular complexity index is 742. The fourth-order valence-electron chi connectivity index (χ4n) is 3.08. The van der Waals surface area contributed by atoms with Gasteiger partial charge in [0.05, 0.1) is 11.0 Å². The molecule has 2 aromatic rings. The molecule has 0 radical (unpaired) electrons. The number of benzene rings is 1. The largest absolute Gasteiger partial charge is 0.383 e. The molecule has 0 spiro atoms. The lowest BCUT2D eigenvalue weighted by molar-refractivity contribution is -0.156. The SMILES string of the molecule is CC(C)(C)Cc1nc2cc(ONOC3CNC3)ccc2n1CC1CC1. The van der Waals surface area contributed by atoms with Crippen molar-refractivity contribution in [2.45, 2.75) is 52.7 Å². The van der Waals surface area contributed by atoms with E-state index in [0.717, 1.165) is 43.2 Å². The molecule has 0 amide bonds. The predicted molar refractivity (Wildman–Crippen MR) is 97.1 cm³/mol. The molecule has 1 aliphatic carbocycles. The Hall–Kier alpha value is -1.63. The molecule has 6 nitrogen and oxygen atoms in total. The van der Waals surface area contributed by atoms with Crippen LogP contribution in [0.1, 0.15) is 39.4 Å². The summed E-state index contributed by atoms with van der Waals surface area (Å²) in [6.45, 7) is 9.59. The van der Waals surface area contributed by atoms with Gasteiger partial charge < -0.3 is 14.7 Å². The van der Waals surface area contributed by atoms with E-state index in [2.05, 4.69) is 42.4 Å². The maximum atomic E-state index is 5.51. The zero-order valence-corrected chi connectivity index (χ0v) is 15.3. The molecule has 2 heterocycles. The van der Waals surface area contributed by atoms with Gasteiger partial charge in [-0.15, -0.1) is 0 Å². The van der Waals surface area contributed by atoms with Gasteiger partial charge in [0, 0.05) is 32.1 Å². The summed E-state index contributed by atoms with van der Waals surface area (Å²) in [6.07, 6.45) is 3.83.